The molecule has 0 aromatic heterocycles. The van der Waals surface area contributed by atoms with Gasteiger partial charge in [-0.15, -0.1) is 0 Å². The van der Waals surface area contributed by atoms with E-state index in [1.54, 1.807) is 0 Å². The third-order valence-corrected chi connectivity index (χ3v) is 3.78. The topological polar surface area (TPSA) is 40.0 Å². The van der Waals surface area contributed by atoms with Gasteiger partial charge in [0, 0.05) is 0 Å². The van der Waals surface area contributed by atoms with E-state index in [-0.39, 0.29) is 0 Å². The van der Waals surface area contributed by atoms with Crippen LogP contribution in [-0.2, 0) is 17.7 Å². The lowest BCUT2D eigenvalue weighted by atomic mass is 10.0. The summed E-state index contributed by atoms with van der Waals surface area (Å²) in [6.45, 7) is 9.42. The number of benzene rings is 1. The van der Waals surface area contributed by atoms with Gasteiger partial charge in [0.1, 0.15) is 24.7 Å². The Bertz CT molecular complexity index is 553. The highest BCUT2D eigenvalue weighted by atomic mass is 79.9. The zero-order chi connectivity index (χ0) is 17.9. The summed E-state index contributed by atoms with van der Waals surface area (Å²) in [6.07, 6.45) is 3.67. The first-order chi connectivity index (χ1) is 11.5. The molecule has 0 N–H and O–H groups in total. The summed E-state index contributed by atoms with van der Waals surface area (Å²) >= 11 is 6.65. The quantitative estimate of drug-likeness (QED) is 0.257. The fraction of sp³-hybridized carbons (Fsp3) is 0.500. The molecule has 0 saturated carbocycles. The number of rotatable bonds is 10. The number of hydrogen-bond donors (Lipinski definition) is 0. The fourth-order valence-electron chi connectivity index (χ4n) is 2.07. The monoisotopic (exact) mass is 461 g/mol. The molecule has 0 aliphatic carbocycles. The maximum Gasteiger partial charge on any atom is 0.151 e. The maximum absolute atomic E-state index is 5.95. The van der Waals surface area contributed by atoms with E-state index >= 15 is 0 Å². The Kier molecular flexibility index (Phi) is 10.1. The lowest BCUT2D eigenvalue weighted by molar-refractivity contribution is 0.106. The van der Waals surface area contributed by atoms with Gasteiger partial charge in [-0.05, 0) is 87.9 Å². The first-order valence-corrected chi connectivity index (χ1v) is 9.62. The average molecular weight is 463 g/mol. The van der Waals surface area contributed by atoms with Crippen LogP contribution in [0.4, 0.5) is 0 Å². The largest absolute Gasteiger partial charge is 0.489 e. The third-order valence-electron chi connectivity index (χ3n) is 3.13. The predicted octanol–water partition coefficient (Wildman–Crippen LogP) is 5.61. The number of halogens is 2. The van der Waals surface area contributed by atoms with E-state index < -0.39 is 0 Å². The van der Waals surface area contributed by atoms with E-state index in [1.165, 1.54) is 0 Å². The Hall–Kier alpha value is -1.01. The molecule has 0 aliphatic rings. The van der Waals surface area contributed by atoms with E-state index in [1.807, 2.05) is 32.1 Å². The normalized spacial score (nSPS) is 10.1. The van der Waals surface area contributed by atoms with E-state index in [2.05, 4.69) is 50.9 Å². The van der Waals surface area contributed by atoms with Crippen molar-refractivity contribution >= 4 is 37.6 Å². The van der Waals surface area contributed by atoms with Crippen LogP contribution in [0.5, 0.6) is 11.5 Å². The van der Waals surface area contributed by atoms with Gasteiger partial charge in [-0.3, -0.25) is 0 Å². The van der Waals surface area contributed by atoms with Crippen LogP contribution < -0.4 is 9.47 Å². The molecule has 0 aliphatic heterocycles. The van der Waals surface area contributed by atoms with E-state index in [0.717, 1.165) is 44.6 Å². The molecule has 0 atom stereocenters. The van der Waals surface area contributed by atoms with Crippen LogP contribution in [0.25, 0.3) is 0 Å². The van der Waals surface area contributed by atoms with Crippen molar-refractivity contribution in [3.8, 4) is 11.5 Å². The number of nitrogens with zero attached hydrogens (tertiary/aromatic N) is 1. The van der Waals surface area contributed by atoms with Crippen LogP contribution in [0.3, 0.4) is 0 Å². The number of aryl methyl sites for hydroxylation is 2. The second kappa shape index (κ2) is 11.5. The summed E-state index contributed by atoms with van der Waals surface area (Å²) in [4.78, 5) is 5.19. The standard InChI is InChI=1S/C18H25Br2NO3/c1-5-14-11-16(22-8-7-17(19)20)12-15(6-2)18(14)23-9-10-24-21-13(3)4/h7,11-12H,5-6,8-10H2,1-4H3. The SMILES string of the molecule is CCc1cc(OCC=C(Br)Br)cc(CC)c1OCCON=C(C)C. The molecular formula is C18H25Br2NO3. The Morgan fingerprint density at radius 1 is 1.04 bits per heavy atom. The summed E-state index contributed by atoms with van der Waals surface area (Å²) in [5, 5.41) is 3.91. The van der Waals surface area contributed by atoms with Gasteiger partial charge in [0.25, 0.3) is 0 Å². The van der Waals surface area contributed by atoms with Crippen molar-refractivity contribution in [3.63, 3.8) is 0 Å². The minimum Gasteiger partial charge on any atom is -0.489 e. The lowest BCUT2D eigenvalue weighted by Gasteiger charge is -2.16. The summed E-state index contributed by atoms with van der Waals surface area (Å²) in [5.74, 6) is 1.79. The zero-order valence-corrected chi connectivity index (χ0v) is 17.9. The van der Waals surface area contributed by atoms with Crippen molar-refractivity contribution in [2.45, 2.75) is 40.5 Å². The molecule has 4 nitrogen and oxygen atoms in total. The molecule has 0 saturated heterocycles. The molecule has 6 heteroatoms. The van der Waals surface area contributed by atoms with Crippen molar-refractivity contribution in [1.29, 1.82) is 0 Å². The van der Waals surface area contributed by atoms with Gasteiger partial charge in [-0.2, -0.15) is 0 Å². The van der Waals surface area contributed by atoms with Gasteiger partial charge in [-0.25, -0.2) is 0 Å². The Morgan fingerprint density at radius 3 is 2.17 bits per heavy atom. The molecule has 0 amide bonds. The van der Waals surface area contributed by atoms with Crippen molar-refractivity contribution in [3.05, 3.63) is 32.7 Å². The van der Waals surface area contributed by atoms with Crippen molar-refractivity contribution in [1.82, 2.24) is 0 Å². The van der Waals surface area contributed by atoms with Crippen LogP contribution in [0.2, 0.25) is 0 Å². The van der Waals surface area contributed by atoms with E-state index in [4.69, 9.17) is 14.3 Å². The summed E-state index contributed by atoms with van der Waals surface area (Å²) < 4.78 is 12.6. The molecule has 0 bridgehead atoms. The minimum absolute atomic E-state index is 0.430. The molecule has 1 aromatic rings. The van der Waals surface area contributed by atoms with Gasteiger partial charge in [0.05, 0.1) is 9.10 Å². The summed E-state index contributed by atoms with van der Waals surface area (Å²) in [7, 11) is 0. The van der Waals surface area contributed by atoms with Gasteiger partial charge in [0.2, 0.25) is 0 Å². The van der Waals surface area contributed by atoms with Gasteiger partial charge in [-0.1, -0.05) is 19.0 Å². The van der Waals surface area contributed by atoms with Gasteiger partial charge < -0.3 is 14.3 Å². The van der Waals surface area contributed by atoms with E-state index in [9.17, 15) is 0 Å². The fourth-order valence-corrected chi connectivity index (χ4v) is 2.34. The lowest BCUT2D eigenvalue weighted by Crippen LogP contribution is -2.08. The van der Waals surface area contributed by atoms with Gasteiger partial charge >= 0.3 is 0 Å². The van der Waals surface area contributed by atoms with Crippen LogP contribution in [0.1, 0.15) is 38.8 Å². The molecule has 0 unspecified atom stereocenters. The predicted molar refractivity (Wildman–Crippen MR) is 107 cm³/mol. The minimum atomic E-state index is 0.430. The maximum atomic E-state index is 5.95. The number of hydrogen-bond acceptors (Lipinski definition) is 4. The van der Waals surface area contributed by atoms with Crippen LogP contribution in [0.15, 0.2) is 26.8 Å². The van der Waals surface area contributed by atoms with E-state index in [0.29, 0.717) is 19.8 Å². The Balaban J connectivity index is 2.79. The molecule has 0 heterocycles. The second-order valence-electron chi connectivity index (χ2n) is 5.30. The molecule has 0 spiro atoms. The highest BCUT2D eigenvalue weighted by Gasteiger charge is 2.11. The molecular weight excluding hydrogens is 438 g/mol. The number of oxime groups is 1. The van der Waals surface area contributed by atoms with Crippen LogP contribution >= 0.6 is 31.9 Å². The summed E-state index contributed by atoms with van der Waals surface area (Å²) in [5.41, 5.74) is 3.17. The summed E-state index contributed by atoms with van der Waals surface area (Å²) in [6, 6.07) is 4.08. The first-order valence-electron chi connectivity index (χ1n) is 8.03. The van der Waals surface area contributed by atoms with Crippen molar-refractivity contribution in [2.24, 2.45) is 5.16 Å². The zero-order valence-electron chi connectivity index (χ0n) is 14.7. The van der Waals surface area contributed by atoms with Crippen molar-refractivity contribution < 1.29 is 14.3 Å². The third kappa shape index (κ3) is 7.71. The van der Waals surface area contributed by atoms with Crippen molar-refractivity contribution in [2.75, 3.05) is 19.8 Å². The van der Waals surface area contributed by atoms with Crippen LogP contribution in [-0.4, -0.2) is 25.5 Å². The highest BCUT2D eigenvalue weighted by molar-refractivity contribution is 9.28. The molecule has 1 rings (SSSR count). The Morgan fingerprint density at radius 2 is 1.67 bits per heavy atom. The Labute approximate surface area is 161 Å². The molecule has 24 heavy (non-hydrogen) atoms. The molecule has 1 aromatic carbocycles. The number of ether oxygens (including phenoxy) is 2. The molecule has 0 radical (unpaired) electrons. The second-order valence-corrected chi connectivity index (χ2v) is 8.08. The molecule has 134 valence electrons. The molecule has 0 fully saturated rings. The van der Waals surface area contributed by atoms with Gasteiger partial charge in [0.15, 0.2) is 6.61 Å². The highest BCUT2D eigenvalue weighted by Crippen LogP contribution is 2.31. The average Bonchev–Trinajstić information content (AvgIpc) is 2.54. The van der Waals surface area contributed by atoms with Crippen LogP contribution in [0, 0.1) is 0 Å². The smallest absolute Gasteiger partial charge is 0.151 e. The first kappa shape index (κ1) is 21.0.